The third kappa shape index (κ3) is 4.97. The first-order valence-electron chi connectivity index (χ1n) is 19.7. The number of aromatic nitrogens is 2. The van der Waals surface area contributed by atoms with Gasteiger partial charge in [0, 0.05) is 66.9 Å². The zero-order valence-corrected chi connectivity index (χ0v) is 31.0. The molecule has 9 nitrogen and oxygen atoms in total. The smallest absolute Gasteiger partial charge is 0.319 e. The number of benzene rings is 3. The number of rotatable bonds is 7. The van der Waals surface area contributed by atoms with Crippen molar-refractivity contribution < 1.29 is 36.6 Å². The van der Waals surface area contributed by atoms with Gasteiger partial charge in [0.2, 0.25) is 0 Å². The predicted molar refractivity (Wildman–Crippen MR) is 202 cm³/mol. The summed E-state index contributed by atoms with van der Waals surface area (Å²) >= 11 is 0. The summed E-state index contributed by atoms with van der Waals surface area (Å²) in [6.45, 7) is 6.77. The van der Waals surface area contributed by atoms with Crippen LogP contribution in [0.4, 0.5) is 23.4 Å². The Balaban J connectivity index is 1.09. The van der Waals surface area contributed by atoms with Gasteiger partial charge in [0.25, 0.3) is 5.92 Å². The van der Waals surface area contributed by atoms with E-state index in [0.717, 1.165) is 45.6 Å². The number of fused-ring (bicyclic) bond motifs is 7. The Morgan fingerprint density at radius 1 is 1.05 bits per heavy atom. The lowest BCUT2D eigenvalue weighted by Crippen LogP contribution is -2.56. The van der Waals surface area contributed by atoms with E-state index in [1.807, 2.05) is 6.07 Å². The molecule has 13 heteroatoms. The van der Waals surface area contributed by atoms with Crippen molar-refractivity contribution >= 4 is 38.5 Å². The van der Waals surface area contributed by atoms with E-state index in [0.29, 0.717) is 66.1 Å². The zero-order valence-electron chi connectivity index (χ0n) is 31.0. The normalized spacial score (nSPS) is 28.5. The number of furan rings is 1. The van der Waals surface area contributed by atoms with E-state index in [4.69, 9.17) is 30.3 Å². The standard InChI is InChI=1S/C43H41F4N5O4/c1-3-29-32(44)8-5-25-12-28(53)13-30(33(25)29)34-36(45)37-35(31-11-23(2)56-38(31)34)39(50-15-26-6-7-27(16-50)52(26)14-24-17-54-18-24)49-40(48-37)55-22-42-9-4-10-51(42)21-41(19-42)20-43(41,46)47/h1,5,8,11-13,24,26-27,53H,4,6-7,9-10,14-22H2,2H3/t26-,27+,41-,42-/m1/s1. The number of phenolic OH excluding ortho intramolecular Hbond substituents is 1. The summed E-state index contributed by atoms with van der Waals surface area (Å²) < 4.78 is 80.7. The van der Waals surface area contributed by atoms with Crippen LogP contribution in [0.15, 0.2) is 34.7 Å². The molecule has 5 aliphatic heterocycles. The van der Waals surface area contributed by atoms with Gasteiger partial charge in [-0.3, -0.25) is 9.80 Å². The summed E-state index contributed by atoms with van der Waals surface area (Å²) in [6, 6.07) is 7.86. The third-order valence-corrected chi connectivity index (χ3v) is 13.8. The molecule has 2 bridgehead atoms. The van der Waals surface area contributed by atoms with E-state index < -0.39 is 28.5 Å². The number of ether oxygens (including phenoxy) is 2. The first-order chi connectivity index (χ1) is 27.0. The molecule has 1 aliphatic carbocycles. The topological polar surface area (TPSA) is 87.3 Å². The van der Waals surface area contributed by atoms with Gasteiger partial charge in [0.05, 0.1) is 40.7 Å². The summed E-state index contributed by atoms with van der Waals surface area (Å²) in [4.78, 5) is 16.8. The number of nitrogens with zero attached hydrogens (tertiary/aromatic N) is 5. The van der Waals surface area contributed by atoms with Gasteiger partial charge in [-0.15, -0.1) is 6.42 Å². The van der Waals surface area contributed by atoms with Crippen LogP contribution in [-0.2, 0) is 4.74 Å². The maximum absolute atomic E-state index is 17.8. The fourth-order valence-electron chi connectivity index (χ4n) is 11.0. The maximum atomic E-state index is 17.8. The Bertz CT molecular complexity index is 2520. The van der Waals surface area contributed by atoms with Gasteiger partial charge in [-0.05, 0) is 75.2 Å². The zero-order chi connectivity index (χ0) is 38.3. The number of alkyl halides is 2. The highest BCUT2D eigenvalue weighted by Gasteiger charge is 2.77. The SMILES string of the molecule is C#Cc1c(F)ccc2cc(O)cc(-c3c(F)c4nc(OC[C@]56CCCN5C[C@]5(CC5(F)F)C6)nc(N5C[C@H]6CC[C@@H](C5)N6CC5COC5)c4c4cc(C)oc34)c12. The summed E-state index contributed by atoms with van der Waals surface area (Å²) in [7, 11) is 0. The second-order valence-electron chi connectivity index (χ2n) is 17.3. The first kappa shape index (κ1) is 34.6. The largest absolute Gasteiger partial charge is 0.508 e. The van der Waals surface area contributed by atoms with E-state index in [1.165, 1.54) is 24.3 Å². The number of anilines is 1. The number of aryl methyl sites for hydroxylation is 1. The Morgan fingerprint density at radius 3 is 2.55 bits per heavy atom. The quantitative estimate of drug-likeness (QED) is 0.134. The van der Waals surface area contributed by atoms with Crippen molar-refractivity contribution in [2.45, 2.75) is 69.0 Å². The van der Waals surface area contributed by atoms with Gasteiger partial charge in [-0.2, -0.15) is 9.97 Å². The molecule has 0 amide bonds. The van der Waals surface area contributed by atoms with Gasteiger partial charge in [-0.25, -0.2) is 17.6 Å². The van der Waals surface area contributed by atoms with Crippen molar-refractivity contribution in [1.29, 1.82) is 0 Å². The molecule has 290 valence electrons. The van der Waals surface area contributed by atoms with Crippen LogP contribution >= 0.6 is 0 Å². The van der Waals surface area contributed by atoms with Gasteiger partial charge < -0.3 is 23.9 Å². The van der Waals surface area contributed by atoms with Crippen molar-refractivity contribution in [2.24, 2.45) is 11.3 Å². The minimum absolute atomic E-state index is 0.0257. The lowest BCUT2D eigenvalue weighted by molar-refractivity contribution is -0.0538. The average molecular weight is 768 g/mol. The second kappa shape index (κ2) is 11.9. The molecule has 4 atom stereocenters. The van der Waals surface area contributed by atoms with Crippen LogP contribution in [0.5, 0.6) is 11.8 Å². The molecule has 1 saturated carbocycles. The van der Waals surface area contributed by atoms with Crippen LogP contribution in [0.1, 0.15) is 49.8 Å². The van der Waals surface area contributed by atoms with Crippen LogP contribution in [0, 0.1) is 42.2 Å². The van der Waals surface area contributed by atoms with E-state index in [-0.39, 0.29) is 70.0 Å². The number of piperazine rings is 1. The number of hydrogen-bond donors (Lipinski definition) is 1. The maximum Gasteiger partial charge on any atom is 0.319 e. The Hall–Kier alpha value is -4.64. The second-order valence-corrected chi connectivity index (χ2v) is 17.3. The van der Waals surface area contributed by atoms with Crippen LogP contribution in [0.3, 0.4) is 0 Å². The van der Waals surface area contributed by atoms with Crippen molar-refractivity contribution in [3.63, 3.8) is 0 Å². The molecule has 11 rings (SSSR count). The van der Waals surface area contributed by atoms with E-state index in [1.54, 1.807) is 6.92 Å². The molecule has 6 aliphatic rings. The molecule has 5 aromatic rings. The Labute approximate surface area is 320 Å². The molecular weight excluding hydrogens is 726 g/mol. The number of phenols is 1. The number of terminal acetylenes is 1. The molecule has 1 N–H and O–H groups in total. The van der Waals surface area contributed by atoms with Crippen LogP contribution < -0.4 is 9.64 Å². The van der Waals surface area contributed by atoms with Gasteiger partial charge in [0.1, 0.15) is 40.9 Å². The highest BCUT2D eigenvalue weighted by molar-refractivity contribution is 6.18. The molecule has 56 heavy (non-hydrogen) atoms. The lowest BCUT2D eigenvalue weighted by atomic mass is 9.89. The van der Waals surface area contributed by atoms with E-state index in [9.17, 15) is 13.9 Å². The molecule has 6 fully saturated rings. The third-order valence-electron chi connectivity index (χ3n) is 13.8. The Kier molecular flexibility index (Phi) is 7.38. The predicted octanol–water partition coefficient (Wildman–Crippen LogP) is 7.41. The highest BCUT2D eigenvalue weighted by Crippen LogP contribution is 2.69. The van der Waals surface area contributed by atoms with Crippen LogP contribution in [-0.4, -0.2) is 101 Å². The van der Waals surface area contributed by atoms with Gasteiger partial charge in [-0.1, -0.05) is 12.0 Å². The van der Waals surface area contributed by atoms with Crippen molar-refractivity contribution in [3.05, 3.63) is 53.3 Å². The first-order valence-corrected chi connectivity index (χ1v) is 19.7. The Morgan fingerprint density at radius 2 is 1.84 bits per heavy atom. The molecule has 1 spiro atoms. The molecule has 3 aromatic carbocycles. The summed E-state index contributed by atoms with van der Waals surface area (Å²) in [5, 5.41) is 12.6. The summed E-state index contributed by atoms with van der Waals surface area (Å²) in [6.07, 6.45) is 9.71. The van der Waals surface area contributed by atoms with E-state index >= 15 is 8.78 Å². The molecule has 7 heterocycles. The van der Waals surface area contributed by atoms with Gasteiger partial charge >= 0.3 is 6.01 Å². The molecule has 0 unspecified atom stereocenters. The van der Waals surface area contributed by atoms with E-state index in [2.05, 4.69) is 20.6 Å². The van der Waals surface area contributed by atoms with Crippen molar-refractivity contribution in [2.75, 3.05) is 57.4 Å². The fourth-order valence-corrected chi connectivity index (χ4v) is 11.0. The number of hydrogen-bond acceptors (Lipinski definition) is 9. The average Bonchev–Trinajstić information content (AvgIpc) is 3.60. The lowest BCUT2D eigenvalue weighted by Gasteiger charge is -2.44. The molecule has 5 saturated heterocycles. The van der Waals surface area contributed by atoms with Crippen molar-refractivity contribution in [1.82, 2.24) is 19.8 Å². The van der Waals surface area contributed by atoms with Crippen LogP contribution in [0.25, 0.3) is 43.8 Å². The minimum Gasteiger partial charge on any atom is -0.508 e. The molecule has 0 radical (unpaired) electrons. The summed E-state index contributed by atoms with van der Waals surface area (Å²) in [5.41, 5.74) is -1.38. The molecular formula is C43H41F4N5O4. The molecule has 2 aromatic heterocycles. The highest BCUT2D eigenvalue weighted by atomic mass is 19.3. The number of aromatic hydroxyl groups is 1. The fraction of sp³-hybridized carbons (Fsp3) is 0.488. The number of halogens is 4. The summed E-state index contributed by atoms with van der Waals surface area (Å²) in [5.74, 6) is -0.305. The monoisotopic (exact) mass is 767 g/mol. The van der Waals surface area contributed by atoms with Crippen LogP contribution in [0.2, 0.25) is 0 Å². The van der Waals surface area contributed by atoms with Crippen molar-refractivity contribution in [3.8, 4) is 35.2 Å². The minimum atomic E-state index is -2.68. The van der Waals surface area contributed by atoms with Gasteiger partial charge in [0.15, 0.2) is 5.82 Å².